The predicted molar refractivity (Wildman–Crippen MR) is 47.6 cm³/mol. The summed E-state index contributed by atoms with van der Waals surface area (Å²) in [7, 11) is 0. The van der Waals surface area contributed by atoms with Crippen molar-refractivity contribution in [1.29, 1.82) is 0 Å². The number of nitrogens with zero attached hydrogens (tertiary/aromatic N) is 2. The van der Waals surface area contributed by atoms with Crippen LogP contribution in [0.1, 0.15) is 6.92 Å². The average Bonchev–Trinajstić information content (AvgIpc) is 2.18. The molecular formula is C8H10N2O4. The van der Waals surface area contributed by atoms with Gasteiger partial charge in [-0.1, -0.05) is 5.01 Å². The van der Waals surface area contributed by atoms with Crippen molar-refractivity contribution >= 4 is 5.97 Å². The summed E-state index contributed by atoms with van der Waals surface area (Å²) in [5, 5.41) is 10.6. The molecule has 1 rings (SSSR count). The van der Waals surface area contributed by atoms with Crippen LogP contribution in [0.4, 0.5) is 0 Å². The Hall–Kier alpha value is -1.85. The van der Waals surface area contributed by atoms with Crippen LogP contribution < -0.4 is 0 Å². The molecule has 76 valence electrons. The summed E-state index contributed by atoms with van der Waals surface area (Å²) in [6.07, 6.45) is 4.25. The van der Waals surface area contributed by atoms with E-state index in [4.69, 9.17) is 4.74 Å². The zero-order chi connectivity index (χ0) is 10.6. The van der Waals surface area contributed by atoms with E-state index in [0.717, 1.165) is 5.01 Å². The minimum absolute atomic E-state index is 0.0532. The van der Waals surface area contributed by atoms with Crippen LogP contribution >= 0.6 is 0 Å². The van der Waals surface area contributed by atoms with Crippen LogP contribution in [0.3, 0.4) is 0 Å². The standard InChI is InChI=1S/C8H10N2O4/c1-2-14-8(11)7-4-3-5-9(6-7)10(12)13/h3-5H,2,6H2,1H3. The van der Waals surface area contributed by atoms with Crippen molar-refractivity contribution < 1.29 is 14.6 Å². The quantitative estimate of drug-likeness (QED) is 0.375. The van der Waals surface area contributed by atoms with Crippen molar-refractivity contribution in [1.82, 2.24) is 5.01 Å². The van der Waals surface area contributed by atoms with Crippen LogP contribution in [-0.2, 0) is 9.53 Å². The number of ether oxygens (including phenoxy) is 1. The first-order valence-electron chi connectivity index (χ1n) is 4.10. The second-order valence-electron chi connectivity index (χ2n) is 2.59. The van der Waals surface area contributed by atoms with Crippen LogP contribution in [0.15, 0.2) is 23.9 Å². The average molecular weight is 198 g/mol. The molecule has 0 unspecified atom stereocenters. The molecule has 0 spiro atoms. The van der Waals surface area contributed by atoms with E-state index in [1.165, 1.54) is 18.4 Å². The van der Waals surface area contributed by atoms with Gasteiger partial charge in [0.1, 0.15) is 6.54 Å². The molecule has 0 bridgehead atoms. The topological polar surface area (TPSA) is 72.7 Å². The number of rotatable bonds is 3. The van der Waals surface area contributed by atoms with Gasteiger partial charge in [-0.05, 0) is 19.1 Å². The normalized spacial score (nSPS) is 14.9. The highest BCUT2D eigenvalue weighted by molar-refractivity contribution is 5.89. The number of carbonyl (C=O) groups excluding carboxylic acids is 1. The fourth-order valence-corrected chi connectivity index (χ4v) is 1.01. The van der Waals surface area contributed by atoms with Crippen molar-refractivity contribution in [2.75, 3.05) is 13.2 Å². The Balaban J connectivity index is 2.65. The zero-order valence-corrected chi connectivity index (χ0v) is 7.67. The number of hydrazine groups is 1. The molecule has 0 aromatic heterocycles. The second kappa shape index (κ2) is 4.40. The Morgan fingerprint density at radius 1 is 1.79 bits per heavy atom. The number of hydrogen-bond acceptors (Lipinski definition) is 4. The molecule has 0 saturated heterocycles. The van der Waals surface area contributed by atoms with Gasteiger partial charge in [0.15, 0.2) is 5.03 Å². The smallest absolute Gasteiger partial charge is 0.336 e. The van der Waals surface area contributed by atoms with Gasteiger partial charge < -0.3 is 4.74 Å². The van der Waals surface area contributed by atoms with Gasteiger partial charge in [0.2, 0.25) is 0 Å². The molecule has 1 aliphatic heterocycles. The highest BCUT2D eigenvalue weighted by Crippen LogP contribution is 2.08. The van der Waals surface area contributed by atoms with Crippen molar-refractivity contribution in [3.63, 3.8) is 0 Å². The molecule has 0 aromatic rings. The van der Waals surface area contributed by atoms with Crippen molar-refractivity contribution in [3.05, 3.63) is 34.0 Å². The lowest BCUT2D eigenvalue weighted by Crippen LogP contribution is -2.30. The van der Waals surface area contributed by atoms with Crippen molar-refractivity contribution in [2.45, 2.75) is 6.92 Å². The van der Waals surface area contributed by atoms with Crippen LogP contribution in [0.25, 0.3) is 0 Å². The first kappa shape index (κ1) is 10.2. The molecule has 1 aliphatic rings. The summed E-state index contributed by atoms with van der Waals surface area (Å²) in [6, 6.07) is 0. The maximum Gasteiger partial charge on any atom is 0.336 e. The van der Waals surface area contributed by atoms with Gasteiger partial charge in [-0.3, -0.25) is 0 Å². The summed E-state index contributed by atoms with van der Waals surface area (Å²) >= 11 is 0. The van der Waals surface area contributed by atoms with E-state index < -0.39 is 11.0 Å². The first-order chi connectivity index (χ1) is 6.65. The minimum atomic E-state index is -0.581. The molecule has 0 aliphatic carbocycles. The Morgan fingerprint density at radius 3 is 3.07 bits per heavy atom. The van der Waals surface area contributed by atoms with E-state index in [9.17, 15) is 14.9 Å². The summed E-state index contributed by atoms with van der Waals surface area (Å²) in [4.78, 5) is 21.6. The third-order valence-corrected chi connectivity index (χ3v) is 1.64. The minimum Gasteiger partial charge on any atom is -0.463 e. The Bertz CT molecular complexity index is 308. The highest BCUT2D eigenvalue weighted by atomic mass is 16.7. The highest BCUT2D eigenvalue weighted by Gasteiger charge is 2.21. The molecule has 6 nitrogen and oxygen atoms in total. The molecule has 0 amide bonds. The molecule has 14 heavy (non-hydrogen) atoms. The van der Waals surface area contributed by atoms with Gasteiger partial charge in [0.25, 0.3) is 0 Å². The maximum atomic E-state index is 11.2. The molecule has 0 aromatic carbocycles. The van der Waals surface area contributed by atoms with E-state index >= 15 is 0 Å². The molecule has 0 saturated carbocycles. The second-order valence-corrected chi connectivity index (χ2v) is 2.59. The molecule has 0 radical (unpaired) electrons. The van der Waals surface area contributed by atoms with E-state index in [-0.39, 0.29) is 18.7 Å². The molecule has 6 heteroatoms. The monoisotopic (exact) mass is 198 g/mol. The lowest BCUT2D eigenvalue weighted by Gasteiger charge is -2.14. The van der Waals surface area contributed by atoms with Gasteiger partial charge >= 0.3 is 5.97 Å². The third kappa shape index (κ3) is 2.32. The Kier molecular flexibility index (Phi) is 3.22. The van der Waals surface area contributed by atoms with Gasteiger partial charge in [-0.15, -0.1) is 0 Å². The fraction of sp³-hybridized carbons (Fsp3) is 0.375. The summed E-state index contributed by atoms with van der Waals surface area (Å²) < 4.78 is 4.72. The van der Waals surface area contributed by atoms with Crippen LogP contribution in [0.5, 0.6) is 0 Å². The van der Waals surface area contributed by atoms with Crippen LogP contribution in [-0.4, -0.2) is 29.2 Å². The number of nitro groups is 1. The van der Waals surface area contributed by atoms with E-state index in [1.807, 2.05) is 0 Å². The SMILES string of the molecule is CCOC(=O)C1=CC=CN([N+](=O)[O-])C1. The fourth-order valence-electron chi connectivity index (χ4n) is 1.01. The lowest BCUT2D eigenvalue weighted by atomic mass is 10.2. The lowest BCUT2D eigenvalue weighted by molar-refractivity contribution is -0.638. The number of esters is 1. The largest absolute Gasteiger partial charge is 0.463 e. The maximum absolute atomic E-state index is 11.2. The molecule has 0 fully saturated rings. The van der Waals surface area contributed by atoms with Crippen molar-refractivity contribution in [3.8, 4) is 0 Å². The molecule has 0 atom stereocenters. The summed E-state index contributed by atoms with van der Waals surface area (Å²) in [5.74, 6) is -0.510. The molecule has 0 N–H and O–H groups in total. The van der Waals surface area contributed by atoms with Gasteiger partial charge in [-0.25, -0.2) is 14.9 Å². The van der Waals surface area contributed by atoms with Crippen molar-refractivity contribution in [2.24, 2.45) is 0 Å². The van der Waals surface area contributed by atoms with E-state index in [1.54, 1.807) is 6.92 Å². The Labute approximate surface area is 80.6 Å². The third-order valence-electron chi connectivity index (χ3n) is 1.64. The number of carbonyl (C=O) groups is 1. The summed E-state index contributed by atoms with van der Waals surface area (Å²) in [5.41, 5.74) is 0.283. The molecule has 1 heterocycles. The van der Waals surface area contributed by atoms with Gasteiger partial charge in [-0.2, -0.15) is 0 Å². The van der Waals surface area contributed by atoms with Gasteiger partial charge in [0.05, 0.1) is 18.4 Å². The first-order valence-corrected chi connectivity index (χ1v) is 4.10. The molecular weight excluding hydrogens is 188 g/mol. The number of allylic oxidation sites excluding steroid dienone is 2. The number of hydrogen-bond donors (Lipinski definition) is 0. The van der Waals surface area contributed by atoms with Gasteiger partial charge in [0, 0.05) is 0 Å². The Morgan fingerprint density at radius 2 is 2.50 bits per heavy atom. The van der Waals surface area contributed by atoms with E-state index in [0.29, 0.717) is 0 Å². The van der Waals surface area contributed by atoms with Crippen LogP contribution in [0, 0.1) is 10.1 Å². The van der Waals surface area contributed by atoms with Crippen LogP contribution in [0.2, 0.25) is 0 Å². The van der Waals surface area contributed by atoms with E-state index in [2.05, 4.69) is 0 Å². The predicted octanol–water partition coefficient (Wildman–Crippen LogP) is 0.497. The summed E-state index contributed by atoms with van der Waals surface area (Å²) in [6.45, 7) is 1.89. The zero-order valence-electron chi connectivity index (χ0n) is 7.67.